The number of hydrogen-bond acceptors (Lipinski definition) is 5. The molecule has 0 bridgehead atoms. The minimum absolute atomic E-state index is 0.0121. The minimum Gasteiger partial charge on any atom is -0.460 e. The summed E-state index contributed by atoms with van der Waals surface area (Å²) < 4.78 is 5.69. The Morgan fingerprint density at radius 3 is 2.14 bits per heavy atom. The van der Waals surface area contributed by atoms with Crippen molar-refractivity contribution in [2.45, 2.75) is 159 Å². The van der Waals surface area contributed by atoms with Gasteiger partial charge in [-0.25, -0.2) is 0 Å². The lowest BCUT2D eigenvalue weighted by Crippen LogP contribution is -2.56. The van der Waals surface area contributed by atoms with Crippen molar-refractivity contribution < 1.29 is 19.1 Å². The minimum atomic E-state index is -0.687. The van der Waals surface area contributed by atoms with Crippen LogP contribution in [0.3, 0.4) is 0 Å². The van der Waals surface area contributed by atoms with Gasteiger partial charge in [-0.05, 0) is 119 Å². The number of fused-ring (bicyclic) bond motifs is 1. The molecule has 246 valence electrons. The summed E-state index contributed by atoms with van der Waals surface area (Å²) in [5.74, 6) is -0.181. The van der Waals surface area contributed by atoms with Crippen LogP contribution in [0.15, 0.2) is 23.3 Å². The van der Waals surface area contributed by atoms with Crippen LogP contribution in [-0.2, 0) is 19.1 Å². The molecule has 0 saturated heterocycles. The van der Waals surface area contributed by atoms with Gasteiger partial charge in [-0.15, -0.1) is 0 Å². The van der Waals surface area contributed by atoms with Crippen molar-refractivity contribution in [3.05, 3.63) is 23.3 Å². The molecule has 5 atom stereocenters. The molecule has 5 nitrogen and oxygen atoms in total. The first-order valence-electron chi connectivity index (χ1n) is 17.1. The first-order valence-corrected chi connectivity index (χ1v) is 17.1. The van der Waals surface area contributed by atoms with Gasteiger partial charge in [0.2, 0.25) is 0 Å². The zero-order valence-electron chi connectivity index (χ0n) is 30.1. The third-order valence-corrected chi connectivity index (χ3v) is 12.4. The van der Waals surface area contributed by atoms with Gasteiger partial charge in [0.05, 0.1) is 5.57 Å². The van der Waals surface area contributed by atoms with E-state index in [2.05, 4.69) is 47.6 Å². The van der Waals surface area contributed by atoms with Crippen LogP contribution in [0.1, 0.15) is 154 Å². The molecule has 0 aromatic rings. The topological polar surface area (TPSA) is 84.2 Å². The SMILES string of the molecule is CC(=O)/C=C1/[C@@]2(C)C=C(C#N)C(=O)C(C)(C)[C@@H]2CC[C@@]1(C)[C@@]1(C)CCCC(C)(C)CC[C@](C)(CCC(=O)OC(C)(C)C)CC1. The van der Waals surface area contributed by atoms with Crippen molar-refractivity contribution in [1.82, 2.24) is 0 Å². The van der Waals surface area contributed by atoms with E-state index in [0.717, 1.165) is 69.8 Å². The summed E-state index contributed by atoms with van der Waals surface area (Å²) in [5.41, 5.74) is -0.658. The second kappa shape index (κ2) is 12.2. The lowest BCUT2D eigenvalue weighted by Gasteiger charge is -2.62. The van der Waals surface area contributed by atoms with E-state index in [9.17, 15) is 19.6 Å². The Morgan fingerprint density at radius 1 is 0.955 bits per heavy atom. The number of nitrogens with zero attached hydrogens (tertiary/aromatic N) is 1. The number of carbonyl (C=O) groups excluding carboxylic acids is 3. The van der Waals surface area contributed by atoms with Crippen LogP contribution in [-0.4, -0.2) is 23.1 Å². The van der Waals surface area contributed by atoms with E-state index < -0.39 is 16.4 Å². The molecule has 2 fully saturated rings. The van der Waals surface area contributed by atoms with Crippen molar-refractivity contribution in [2.24, 2.45) is 38.4 Å². The number of hydrogen-bond donors (Lipinski definition) is 0. The molecule has 0 heterocycles. The number of Topliss-reactive ketones (excluding diaryl/α,β-unsaturated/α-hetero) is 1. The van der Waals surface area contributed by atoms with Crippen molar-refractivity contribution >= 4 is 17.5 Å². The molecule has 0 aromatic carbocycles. The Morgan fingerprint density at radius 2 is 1.57 bits per heavy atom. The van der Waals surface area contributed by atoms with Crippen molar-refractivity contribution in [1.29, 1.82) is 5.26 Å². The predicted molar refractivity (Wildman–Crippen MR) is 178 cm³/mol. The highest BCUT2D eigenvalue weighted by Gasteiger charge is 2.61. The van der Waals surface area contributed by atoms with Crippen molar-refractivity contribution in [2.75, 3.05) is 0 Å². The van der Waals surface area contributed by atoms with Gasteiger partial charge in [-0.2, -0.15) is 5.26 Å². The first kappa shape index (κ1) is 36.3. The number of ether oxygens (including phenoxy) is 1. The standard InChI is InChI=1S/C39H61NO4/c1-27(41)24-30-38(11)25-28(26-40)32(43)35(7,8)29(38)14-19-39(30,12)37(10)17-13-16-34(5,6)20-21-36(9,22-23-37)18-15-31(42)44-33(2,3)4/h24-25,29H,13-23H2,1-12H3/b30-24-/t29-,36-,37-,38-,39+/m0/s1. The zero-order valence-corrected chi connectivity index (χ0v) is 30.1. The molecule has 3 rings (SSSR count). The molecule has 2 saturated carbocycles. The number of esters is 1. The molecule has 0 aromatic heterocycles. The molecule has 0 radical (unpaired) electrons. The lowest BCUT2D eigenvalue weighted by atomic mass is 9.41. The van der Waals surface area contributed by atoms with E-state index in [1.54, 1.807) is 6.92 Å². The molecule has 0 unspecified atom stereocenters. The van der Waals surface area contributed by atoms with Crippen LogP contribution in [0, 0.1) is 49.7 Å². The Bertz CT molecular complexity index is 1260. The van der Waals surface area contributed by atoms with Crippen molar-refractivity contribution in [3.63, 3.8) is 0 Å². The van der Waals surface area contributed by atoms with E-state index in [4.69, 9.17) is 4.74 Å². The number of allylic oxidation sites excluding steroid dienone is 4. The summed E-state index contributed by atoms with van der Waals surface area (Å²) in [5, 5.41) is 10.0. The Kier molecular flexibility index (Phi) is 10.0. The molecule has 44 heavy (non-hydrogen) atoms. The predicted octanol–water partition coefficient (Wildman–Crippen LogP) is 9.89. The molecule has 3 aliphatic carbocycles. The van der Waals surface area contributed by atoms with Gasteiger partial charge in [0, 0.05) is 17.3 Å². The van der Waals surface area contributed by atoms with E-state index in [0.29, 0.717) is 6.42 Å². The van der Waals surface area contributed by atoms with Gasteiger partial charge in [0.1, 0.15) is 11.7 Å². The van der Waals surface area contributed by atoms with Crippen LogP contribution in [0.4, 0.5) is 0 Å². The molecular weight excluding hydrogens is 546 g/mol. The molecule has 0 N–H and O–H groups in total. The smallest absolute Gasteiger partial charge is 0.306 e. The quantitative estimate of drug-likeness (QED) is 0.229. The largest absolute Gasteiger partial charge is 0.460 e. The summed E-state index contributed by atoms with van der Waals surface area (Å²) in [4.78, 5) is 39.2. The average molecular weight is 608 g/mol. The maximum absolute atomic E-state index is 13.4. The van der Waals surface area contributed by atoms with Crippen LogP contribution in [0.5, 0.6) is 0 Å². The monoisotopic (exact) mass is 607 g/mol. The maximum Gasteiger partial charge on any atom is 0.306 e. The van der Waals surface area contributed by atoms with Crippen LogP contribution in [0.2, 0.25) is 0 Å². The Hall–Kier alpha value is -2.22. The van der Waals surface area contributed by atoms with E-state index in [1.165, 1.54) is 0 Å². The van der Waals surface area contributed by atoms with Crippen molar-refractivity contribution in [3.8, 4) is 6.07 Å². The number of rotatable bonds is 5. The number of ketones is 2. The number of carbonyl (C=O) groups is 3. The molecule has 5 heteroatoms. The summed E-state index contributed by atoms with van der Waals surface area (Å²) in [7, 11) is 0. The second-order valence-electron chi connectivity index (χ2n) is 18.1. The second-order valence-corrected chi connectivity index (χ2v) is 18.1. The van der Waals surface area contributed by atoms with E-state index >= 15 is 0 Å². The molecule has 0 aliphatic heterocycles. The number of nitriles is 1. The first-order chi connectivity index (χ1) is 19.9. The summed E-state index contributed by atoms with van der Waals surface area (Å²) in [6.07, 6.45) is 14.2. The van der Waals surface area contributed by atoms with Gasteiger partial charge in [-0.1, -0.05) is 73.5 Å². The molecule has 0 amide bonds. The van der Waals surface area contributed by atoms with E-state index in [1.807, 2.05) is 46.8 Å². The van der Waals surface area contributed by atoms with E-state index in [-0.39, 0.29) is 50.7 Å². The van der Waals surface area contributed by atoms with Gasteiger partial charge in [0.15, 0.2) is 11.6 Å². The van der Waals surface area contributed by atoms with Gasteiger partial charge in [-0.3, -0.25) is 14.4 Å². The summed E-state index contributed by atoms with van der Waals surface area (Å²) >= 11 is 0. The summed E-state index contributed by atoms with van der Waals surface area (Å²) in [6.45, 7) is 25.4. The fraction of sp³-hybridized carbons (Fsp3) is 0.795. The highest BCUT2D eigenvalue weighted by molar-refractivity contribution is 6.04. The zero-order chi connectivity index (χ0) is 33.6. The lowest BCUT2D eigenvalue weighted by molar-refractivity contribution is -0.155. The third-order valence-electron chi connectivity index (χ3n) is 12.4. The van der Waals surface area contributed by atoms with Crippen LogP contribution >= 0.6 is 0 Å². The average Bonchev–Trinajstić information content (AvgIpc) is 2.88. The third kappa shape index (κ3) is 7.26. The van der Waals surface area contributed by atoms with Crippen LogP contribution < -0.4 is 0 Å². The van der Waals surface area contributed by atoms with Gasteiger partial charge in [0.25, 0.3) is 0 Å². The Labute approximate surface area is 268 Å². The highest BCUT2D eigenvalue weighted by Crippen LogP contribution is 2.68. The maximum atomic E-state index is 13.4. The Balaban J connectivity index is 2.09. The normalized spacial score (nSPS) is 36.9. The van der Waals surface area contributed by atoms with Crippen LogP contribution in [0.25, 0.3) is 0 Å². The molecular formula is C39H61NO4. The molecule has 3 aliphatic rings. The highest BCUT2D eigenvalue weighted by atomic mass is 16.6. The molecule has 0 spiro atoms. The van der Waals surface area contributed by atoms with Gasteiger partial charge < -0.3 is 4.74 Å². The van der Waals surface area contributed by atoms with Gasteiger partial charge >= 0.3 is 5.97 Å². The fourth-order valence-electron chi connectivity index (χ4n) is 9.19. The fourth-order valence-corrected chi connectivity index (χ4v) is 9.19. The summed E-state index contributed by atoms with van der Waals surface area (Å²) in [6, 6.07) is 2.21.